The lowest BCUT2D eigenvalue weighted by atomic mass is 9.98. The largest absolute Gasteiger partial charge is 0.336 e. The van der Waals surface area contributed by atoms with Gasteiger partial charge >= 0.3 is 0 Å². The Labute approximate surface area is 181 Å². The first-order valence-corrected chi connectivity index (χ1v) is 10.6. The Morgan fingerprint density at radius 2 is 1.74 bits per heavy atom. The van der Waals surface area contributed by atoms with E-state index in [0.29, 0.717) is 17.8 Å². The number of anilines is 1. The van der Waals surface area contributed by atoms with E-state index in [1.54, 1.807) is 12.4 Å². The molecule has 5 rings (SSSR count). The third kappa shape index (κ3) is 3.42. The summed E-state index contributed by atoms with van der Waals surface area (Å²) >= 11 is 0. The standard InChI is InChI=1S/C26H23N3O2/c1-18-10-12-21(13-11-18)23-24(28-15-5-8-20-7-2-3-9-22(20)28)26(31)29(25(23)30)17-19-6-4-14-27-16-19/h2-4,6-7,9-14,16H,5,8,15,17H2,1H3. The number of para-hydroxylation sites is 1. The van der Waals surface area contributed by atoms with E-state index in [1.807, 2.05) is 66.4 Å². The summed E-state index contributed by atoms with van der Waals surface area (Å²) in [5, 5.41) is 0. The van der Waals surface area contributed by atoms with Gasteiger partial charge in [0.25, 0.3) is 11.8 Å². The molecule has 0 bridgehead atoms. The highest BCUT2D eigenvalue weighted by Crippen LogP contribution is 2.38. The van der Waals surface area contributed by atoms with Crippen molar-refractivity contribution in [2.45, 2.75) is 26.3 Å². The van der Waals surface area contributed by atoms with Gasteiger partial charge in [-0.05, 0) is 48.6 Å². The minimum Gasteiger partial charge on any atom is -0.336 e. The number of hydrogen-bond acceptors (Lipinski definition) is 4. The molecule has 5 nitrogen and oxygen atoms in total. The first-order valence-electron chi connectivity index (χ1n) is 10.6. The molecule has 0 spiro atoms. The number of imide groups is 1. The van der Waals surface area contributed by atoms with Gasteiger partial charge in [0.2, 0.25) is 0 Å². The molecule has 2 aliphatic heterocycles. The number of nitrogens with zero attached hydrogens (tertiary/aromatic N) is 3. The first kappa shape index (κ1) is 19.2. The van der Waals surface area contributed by atoms with Gasteiger partial charge in [0.15, 0.2) is 0 Å². The SMILES string of the molecule is Cc1ccc(C2=C(N3CCCc4ccccc43)C(=O)N(Cc3cccnc3)C2=O)cc1. The van der Waals surface area contributed by atoms with Crippen molar-refractivity contribution in [3.05, 3.63) is 101 Å². The zero-order valence-corrected chi connectivity index (χ0v) is 17.4. The zero-order chi connectivity index (χ0) is 21.4. The molecule has 2 aliphatic rings. The lowest BCUT2D eigenvalue weighted by Gasteiger charge is -2.32. The molecule has 0 fully saturated rings. The van der Waals surface area contributed by atoms with Gasteiger partial charge in [-0.3, -0.25) is 19.5 Å². The maximum absolute atomic E-state index is 13.7. The van der Waals surface area contributed by atoms with Crippen molar-refractivity contribution in [3.63, 3.8) is 0 Å². The van der Waals surface area contributed by atoms with Gasteiger partial charge in [0.05, 0.1) is 12.1 Å². The predicted molar refractivity (Wildman–Crippen MR) is 120 cm³/mol. The lowest BCUT2D eigenvalue weighted by molar-refractivity contribution is -0.137. The normalized spacial score (nSPS) is 16.2. The molecule has 0 N–H and O–H groups in total. The average Bonchev–Trinajstić information content (AvgIpc) is 3.04. The van der Waals surface area contributed by atoms with Crippen molar-refractivity contribution < 1.29 is 9.59 Å². The minimum atomic E-state index is -0.254. The third-order valence-corrected chi connectivity index (χ3v) is 5.93. The van der Waals surface area contributed by atoms with E-state index >= 15 is 0 Å². The van der Waals surface area contributed by atoms with E-state index in [1.165, 1.54) is 10.5 Å². The first-order chi connectivity index (χ1) is 15.1. The van der Waals surface area contributed by atoms with Crippen LogP contribution in [0, 0.1) is 6.92 Å². The van der Waals surface area contributed by atoms with Crippen LogP contribution in [0.1, 0.15) is 28.7 Å². The van der Waals surface area contributed by atoms with E-state index in [2.05, 4.69) is 11.1 Å². The van der Waals surface area contributed by atoms with Crippen LogP contribution in [0.5, 0.6) is 0 Å². The van der Waals surface area contributed by atoms with Gasteiger partial charge < -0.3 is 4.90 Å². The molecular formula is C26H23N3O2. The number of amides is 2. The second-order valence-corrected chi connectivity index (χ2v) is 8.03. The van der Waals surface area contributed by atoms with Crippen LogP contribution in [0.4, 0.5) is 5.69 Å². The van der Waals surface area contributed by atoms with Crippen LogP contribution >= 0.6 is 0 Å². The van der Waals surface area contributed by atoms with Crippen LogP contribution in [0.2, 0.25) is 0 Å². The van der Waals surface area contributed by atoms with Gasteiger partial charge in [0.1, 0.15) is 5.70 Å². The Kier molecular flexibility index (Phi) is 4.86. The number of carbonyl (C=O) groups is 2. The monoisotopic (exact) mass is 409 g/mol. The number of fused-ring (bicyclic) bond motifs is 1. The van der Waals surface area contributed by atoms with Crippen LogP contribution in [0.15, 0.2) is 78.8 Å². The highest BCUT2D eigenvalue weighted by molar-refractivity contribution is 6.36. The lowest BCUT2D eigenvalue weighted by Crippen LogP contribution is -2.36. The Hall–Kier alpha value is -3.73. The summed E-state index contributed by atoms with van der Waals surface area (Å²) in [6.45, 7) is 2.93. The van der Waals surface area contributed by atoms with Crippen LogP contribution in [-0.2, 0) is 22.6 Å². The van der Waals surface area contributed by atoms with Gasteiger partial charge in [-0.15, -0.1) is 0 Å². The molecular weight excluding hydrogens is 386 g/mol. The molecule has 31 heavy (non-hydrogen) atoms. The van der Waals surface area contributed by atoms with Crippen molar-refractivity contribution in [1.82, 2.24) is 9.88 Å². The van der Waals surface area contributed by atoms with E-state index < -0.39 is 0 Å². The maximum Gasteiger partial charge on any atom is 0.278 e. The second kappa shape index (κ2) is 7.84. The molecule has 3 heterocycles. The molecule has 0 saturated heterocycles. The van der Waals surface area contributed by atoms with Crippen LogP contribution in [-0.4, -0.2) is 28.2 Å². The van der Waals surface area contributed by atoms with Crippen LogP contribution in [0.3, 0.4) is 0 Å². The number of benzene rings is 2. The summed E-state index contributed by atoms with van der Waals surface area (Å²) in [4.78, 5) is 34.8. The maximum atomic E-state index is 13.7. The van der Waals surface area contributed by atoms with Crippen molar-refractivity contribution in [2.24, 2.45) is 0 Å². The number of aromatic nitrogens is 1. The van der Waals surface area contributed by atoms with Crippen LogP contribution in [0.25, 0.3) is 5.57 Å². The molecule has 0 radical (unpaired) electrons. The summed E-state index contributed by atoms with van der Waals surface area (Å²) in [5.74, 6) is -0.503. The minimum absolute atomic E-state index is 0.208. The molecule has 0 saturated carbocycles. The van der Waals surface area contributed by atoms with Gasteiger partial charge in [-0.1, -0.05) is 54.1 Å². The fourth-order valence-electron chi connectivity index (χ4n) is 4.38. The Balaban J connectivity index is 1.63. The highest BCUT2D eigenvalue weighted by atomic mass is 16.2. The van der Waals surface area contributed by atoms with Gasteiger partial charge in [-0.2, -0.15) is 0 Å². The molecule has 154 valence electrons. The quantitative estimate of drug-likeness (QED) is 0.608. The molecule has 0 atom stereocenters. The summed E-state index contributed by atoms with van der Waals surface area (Å²) in [6.07, 6.45) is 5.29. The van der Waals surface area contributed by atoms with E-state index in [0.717, 1.165) is 35.2 Å². The molecule has 0 aliphatic carbocycles. The molecule has 2 aromatic carbocycles. The Bertz CT molecular complexity index is 1180. The Morgan fingerprint density at radius 1 is 0.935 bits per heavy atom. The molecule has 3 aromatic rings. The molecule has 1 aromatic heterocycles. The fourth-order valence-corrected chi connectivity index (χ4v) is 4.38. The zero-order valence-electron chi connectivity index (χ0n) is 17.4. The number of aryl methyl sites for hydroxylation is 2. The van der Waals surface area contributed by atoms with Gasteiger partial charge in [-0.25, -0.2) is 0 Å². The molecule has 5 heteroatoms. The van der Waals surface area contributed by atoms with Crippen molar-refractivity contribution in [1.29, 1.82) is 0 Å². The number of pyridine rings is 1. The molecule has 0 unspecified atom stereocenters. The number of hydrogen-bond donors (Lipinski definition) is 0. The van der Waals surface area contributed by atoms with Crippen molar-refractivity contribution >= 4 is 23.1 Å². The van der Waals surface area contributed by atoms with Crippen molar-refractivity contribution in [3.8, 4) is 0 Å². The smallest absolute Gasteiger partial charge is 0.278 e. The third-order valence-electron chi connectivity index (χ3n) is 5.93. The summed E-state index contributed by atoms with van der Waals surface area (Å²) < 4.78 is 0. The van der Waals surface area contributed by atoms with Crippen molar-refractivity contribution in [2.75, 3.05) is 11.4 Å². The average molecular weight is 409 g/mol. The summed E-state index contributed by atoms with van der Waals surface area (Å²) in [6, 6.07) is 19.7. The van der Waals surface area contributed by atoms with Gasteiger partial charge in [0, 0.05) is 24.6 Å². The summed E-state index contributed by atoms with van der Waals surface area (Å²) in [7, 11) is 0. The molecule has 2 amide bonds. The number of carbonyl (C=O) groups excluding carboxylic acids is 2. The second-order valence-electron chi connectivity index (χ2n) is 8.03. The van der Waals surface area contributed by atoms with E-state index in [4.69, 9.17) is 0 Å². The predicted octanol–water partition coefficient (Wildman–Crippen LogP) is 4.12. The van der Waals surface area contributed by atoms with Crippen LogP contribution < -0.4 is 4.90 Å². The highest BCUT2D eigenvalue weighted by Gasteiger charge is 2.42. The van der Waals surface area contributed by atoms with E-state index in [9.17, 15) is 9.59 Å². The van der Waals surface area contributed by atoms with E-state index in [-0.39, 0.29) is 18.4 Å². The Morgan fingerprint density at radius 3 is 2.52 bits per heavy atom. The summed E-state index contributed by atoms with van der Waals surface area (Å²) in [5.41, 5.74) is 5.88. The topological polar surface area (TPSA) is 53.5 Å². The number of rotatable bonds is 4. The fraction of sp³-hybridized carbons (Fsp3) is 0.192.